The van der Waals surface area contributed by atoms with Gasteiger partial charge in [0.05, 0.1) is 9.35 Å². The van der Waals surface area contributed by atoms with Crippen molar-refractivity contribution in [3.63, 3.8) is 0 Å². The molecule has 1 heterocycles. The minimum Gasteiger partial charge on any atom is -0.308 e. The Hall–Kier alpha value is -1.22. The van der Waals surface area contributed by atoms with Crippen molar-refractivity contribution in [1.29, 1.82) is 5.26 Å². The molecule has 2 rings (SSSR count). The van der Waals surface area contributed by atoms with Crippen LogP contribution in [0.2, 0.25) is 0 Å². The highest BCUT2D eigenvalue weighted by Crippen LogP contribution is 2.22. The second kappa shape index (κ2) is 6.10. The third-order valence-electron chi connectivity index (χ3n) is 2.44. The normalized spacial score (nSPS) is 10.3. The number of thiophene rings is 1. The fourth-order valence-electron chi connectivity index (χ4n) is 1.57. The van der Waals surface area contributed by atoms with E-state index in [4.69, 9.17) is 5.26 Å². The lowest BCUT2D eigenvalue weighted by atomic mass is 10.1. The number of nitrogens with zero attached hydrogens (tertiary/aromatic N) is 1. The lowest BCUT2D eigenvalue weighted by Crippen LogP contribution is -2.13. The van der Waals surface area contributed by atoms with E-state index >= 15 is 0 Å². The van der Waals surface area contributed by atoms with Crippen LogP contribution in [0.4, 0.5) is 4.39 Å². The van der Waals surface area contributed by atoms with Crippen LogP contribution in [-0.4, -0.2) is 0 Å². The smallest absolute Gasteiger partial charge is 0.145 e. The van der Waals surface area contributed by atoms with E-state index in [0.717, 1.165) is 3.79 Å². The van der Waals surface area contributed by atoms with E-state index in [0.29, 0.717) is 18.7 Å². The maximum absolute atomic E-state index is 13.7. The minimum atomic E-state index is -0.431. The number of rotatable bonds is 4. The quantitative estimate of drug-likeness (QED) is 0.928. The van der Waals surface area contributed by atoms with Gasteiger partial charge in [0, 0.05) is 23.5 Å². The Morgan fingerprint density at radius 3 is 2.78 bits per heavy atom. The summed E-state index contributed by atoms with van der Waals surface area (Å²) in [4.78, 5) is 1.18. The molecule has 0 spiro atoms. The first-order valence-corrected chi connectivity index (χ1v) is 6.94. The predicted molar refractivity (Wildman–Crippen MR) is 73.7 cm³/mol. The van der Waals surface area contributed by atoms with Crippen LogP contribution in [-0.2, 0) is 13.1 Å². The van der Waals surface area contributed by atoms with Gasteiger partial charge in [0.1, 0.15) is 11.9 Å². The molecule has 18 heavy (non-hydrogen) atoms. The molecular formula is C13H10BrFN2S. The van der Waals surface area contributed by atoms with Gasteiger partial charge < -0.3 is 5.32 Å². The monoisotopic (exact) mass is 324 g/mol. The molecule has 0 unspecified atom stereocenters. The zero-order valence-corrected chi connectivity index (χ0v) is 11.8. The number of halogens is 2. The van der Waals surface area contributed by atoms with E-state index in [1.807, 2.05) is 18.2 Å². The lowest BCUT2D eigenvalue weighted by Gasteiger charge is -2.05. The van der Waals surface area contributed by atoms with E-state index in [9.17, 15) is 4.39 Å². The third-order valence-corrected chi connectivity index (χ3v) is 4.07. The Morgan fingerprint density at radius 1 is 1.28 bits per heavy atom. The summed E-state index contributed by atoms with van der Waals surface area (Å²) in [6.45, 7) is 1.10. The van der Waals surface area contributed by atoms with Gasteiger partial charge in [-0.2, -0.15) is 5.26 Å². The van der Waals surface area contributed by atoms with Crippen molar-refractivity contribution in [3.05, 3.63) is 55.9 Å². The van der Waals surface area contributed by atoms with E-state index < -0.39 is 5.82 Å². The molecule has 92 valence electrons. The molecule has 0 aliphatic rings. The second-order valence-corrected chi connectivity index (χ2v) is 6.25. The van der Waals surface area contributed by atoms with E-state index in [-0.39, 0.29) is 5.56 Å². The predicted octanol–water partition coefficient (Wildman–Crippen LogP) is 3.81. The molecule has 0 aliphatic heterocycles. The fourth-order valence-corrected chi connectivity index (χ4v) is 3.02. The average Bonchev–Trinajstić information content (AvgIpc) is 2.77. The van der Waals surface area contributed by atoms with Crippen molar-refractivity contribution in [2.75, 3.05) is 0 Å². The summed E-state index contributed by atoms with van der Waals surface area (Å²) in [6.07, 6.45) is 0. The molecule has 0 bridgehead atoms. The van der Waals surface area contributed by atoms with Gasteiger partial charge in [-0.05, 0) is 34.1 Å². The Kier molecular flexibility index (Phi) is 4.48. The summed E-state index contributed by atoms with van der Waals surface area (Å²) < 4.78 is 14.8. The molecule has 0 aliphatic carbocycles. The largest absolute Gasteiger partial charge is 0.308 e. The average molecular weight is 325 g/mol. The van der Waals surface area contributed by atoms with Gasteiger partial charge in [0.15, 0.2) is 0 Å². The molecule has 0 atom stereocenters. The molecule has 1 aromatic heterocycles. The van der Waals surface area contributed by atoms with Gasteiger partial charge in [-0.3, -0.25) is 0 Å². The summed E-state index contributed by atoms with van der Waals surface area (Å²) in [5.74, 6) is -0.431. The van der Waals surface area contributed by atoms with E-state index in [1.165, 1.54) is 10.9 Å². The number of nitriles is 1. The molecule has 1 N–H and O–H groups in total. The van der Waals surface area contributed by atoms with Crippen molar-refractivity contribution in [3.8, 4) is 6.07 Å². The first kappa shape index (κ1) is 13.2. The summed E-state index contributed by atoms with van der Waals surface area (Å²) >= 11 is 5.04. The van der Waals surface area contributed by atoms with Crippen LogP contribution in [0.5, 0.6) is 0 Å². The topological polar surface area (TPSA) is 35.8 Å². The van der Waals surface area contributed by atoms with Gasteiger partial charge in [0.2, 0.25) is 0 Å². The van der Waals surface area contributed by atoms with Crippen molar-refractivity contribution in [2.24, 2.45) is 0 Å². The Morgan fingerprint density at radius 2 is 2.11 bits per heavy atom. The van der Waals surface area contributed by atoms with Gasteiger partial charge >= 0.3 is 0 Å². The summed E-state index contributed by atoms with van der Waals surface area (Å²) in [6, 6.07) is 10.7. The maximum atomic E-state index is 13.7. The summed E-state index contributed by atoms with van der Waals surface area (Å²) in [7, 11) is 0. The number of hydrogen-bond acceptors (Lipinski definition) is 3. The molecule has 0 saturated heterocycles. The molecule has 0 amide bonds. The molecule has 0 fully saturated rings. The van der Waals surface area contributed by atoms with Crippen molar-refractivity contribution in [2.45, 2.75) is 13.1 Å². The highest BCUT2D eigenvalue weighted by atomic mass is 79.9. The van der Waals surface area contributed by atoms with Crippen LogP contribution in [0, 0.1) is 17.1 Å². The Balaban J connectivity index is 1.97. The second-order valence-electron chi connectivity index (χ2n) is 3.70. The number of hydrogen-bond donors (Lipinski definition) is 1. The first-order valence-electron chi connectivity index (χ1n) is 5.33. The molecule has 2 nitrogen and oxygen atoms in total. The van der Waals surface area contributed by atoms with E-state index in [1.54, 1.807) is 23.5 Å². The van der Waals surface area contributed by atoms with Gasteiger partial charge in [-0.15, -0.1) is 11.3 Å². The Labute approximate surface area is 117 Å². The zero-order valence-electron chi connectivity index (χ0n) is 9.41. The molecule has 5 heteroatoms. The summed E-state index contributed by atoms with van der Waals surface area (Å²) in [5.41, 5.74) is 0.609. The Bertz CT molecular complexity index is 589. The van der Waals surface area contributed by atoms with Crippen molar-refractivity contribution >= 4 is 27.3 Å². The molecule has 1 aromatic carbocycles. The number of benzene rings is 1. The third kappa shape index (κ3) is 3.16. The van der Waals surface area contributed by atoms with E-state index in [2.05, 4.69) is 21.2 Å². The SMILES string of the molecule is N#Cc1cccc(CNCc2ccc(Br)s2)c1F. The van der Waals surface area contributed by atoms with Crippen LogP contribution in [0.25, 0.3) is 0 Å². The van der Waals surface area contributed by atoms with Crippen LogP contribution in [0.1, 0.15) is 16.0 Å². The molecule has 2 aromatic rings. The maximum Gasteiger partial charge on any atom is 0.145 e. The summed E-state index contributed by atoms with van der Waals surface area (Å²) in [5, 5.41) is 11.9. The van der Waals surface area contributed by atoms with Gasteiger partial charge in [-0.25, -0.2) is 4.39 Å². The highest BCUT2D eigenvalue weighted by Gasteiger charge is 2.07. The van der Waals surface area contributed by atoms with Gasteiger partial charge in [0.25, 0.3) is 0 Å². The molecular weight excluding hydrogens is 315 g/mol. The van der Waals surface area contributed by atoms with Crippen molar-refractivity contribution < 1.29 is 4.39 Å². The van der Waals surface area contributed by atoms with Gasteiger partial charge in [-0.1, -0.05) is 12.1 Å². The van der Waals surface area contributed by atoms with Crippen LogP contribution in [0.3, 0.4) is 0 Å². The van der Waals surface area contributed by atoms with Crippen LogP contribution < -0.4 is 5.32 Å². The first-order chi connectivity index (χ1) is 8.70. The van der Waals surface area contributed by atoms with Crippen LogP contribution >= 0.6 is 27.3 Å². The standard InChI is InChI=1S/C13H10BrFN2S/c14-12-5-4-11(18-12)8-17-7-10-3-1-2-9(6-16)13(10)15/h1-5,17H,7-8H2. The molecule has 0 radical (unpaired) electrons. The zero-order chi connectivity index (χ0) is 13.0. The molecule has 0 saturated carbocycles. The fraction of sp³-hybridized carbons (Fsp3) is 0.154. The number of nitrogens with one attached hydrogen (secondary N) is 1. The van der Waals surface area contributed by atoms with Crippen molar-refractivity contribution in [1.82, 2.24) is 5.32 Å². The van der Waals surface area contributed by atoms with Crippen LogP contribution in [0.15, 0.2) is 34.1 Å². The minimum absolute atomic E-state index is 0.0909. The highest BCUT2D eigenvalue weighted by molar-refractivity contribution is 9.11. The lowest BCUT2D eigenvalue weighted by molar-refractivity contribution is 0.586.